The average molecular weight is 643 g/mol. The van der Waals surface area contributed by atoms with Crippen molar-refractivity contribution >= 4 is 131 Å². The van der Waals surface area contributed by atoms with Gasteiger partial charge < -0.3 is 0 Å². The largest absolute Gasteiger partial charge is 2.00 e. The molecule has 0 heterocycles. The third-order valence-corrected chi connectivity index (χ3v) is 0. The molecule has 0 unspecified atom stereocenters. The molecule has 0 aliphatic heterocycles. The molecule has 0 N–H and O–H groups in total. The normalized spacial score (nSPS) is 2.33. The van der Waals surface area contributed by atoms with Crippen LogP contribution >= 0.6 is 0 Å². The van der Waals surface area contributed by atoms with Crippen molar-refractivity contribution < 1.29 is 117 Å². The van der Waals surface area contributed by atoms with Crippen LogP contribution in [0.3, 0.4) is 0 Å². The van der Waals surface area contributed by atoms with Crippen molar-refractivity contribution in [2.45, 2.75) is 0 Å². The Hall–Kier alpha value is 3.69. The molecule has 0 bridgehead atoms. The van der Waals surface area contributed by atoms with Crippen LogP contribution in [0.2, 0.25) is 0 Å². The van der Waals surface area contributed by atoms with Gasteiger partial charge in [0, 0.05) is 0 Å². The summed E-state index contributed by atoms with van der Waals surface area (Å²) in [5.41, 5.74) is 0. The second-order valence-electron chi connectivity index (χ2n) is 0.674. The molecule has 24 heteroatoms. The first kappa shape index (κ1) is 63.0. The molecule has 0 atom stereocenters. The minimum Gasteiger partial charge on any atom is 2.00 e. The third kappa shape index (κ3) is 1150. The zero-order valence-electron chi connectivity index (χ0n) is 11.7. The molecule has 1 radical (unpaired) electrons. The van der Waals surface area contributed by atoms with Gasteiger partial charge in [0.15, 0.2) is 0 Å². The topological polar surface area (TPSA) is 281 Å². The molecular formula is Al7CeMgO14Zn. The maximum Gasteiger partial charge on any atom is 2.00 e. The summed E-state index contributed by atoms with van der Waals surface area (Å²) in [5.74, 6) is 0. The number of hydrogen-bond acceptors (Lipinski definition) is 14. The smallest absolute Gasteiger partial charge is 2.00 e. The van der Waals surface area contributed by atoms with Gasteiger partial charge in [-0.05, 0) is 0 Å². The van der Waals surface area contributed by atoms with Crippen LogP contribution in [0, 0.1) is 41.7 Å². The third-order valence-electron chi connectivity index (χ3n) is 0. The molecule has 0 amide bonds. The Balaban J connectivity index is -0.0000000117. The molecule has 0 aromatic carbocycles. The van der Waals surface area contributed by atoms with E-state index in [4.69, 9.17) is 55.7 Å². The van der Waals surface area contributed by atoms with Gasteiger partial charge in [-0.2, -0.15) is 0 Å². The summed E-state index contributed by atoms with van der Waals surface area (Å²) in [6.07, 6.45) is 0. The summed E-state index contributed by atoms with van der Waals surface area (Å²) in [6.45, 7) is 0. The van der Waals surface area contributed by atoms with Crippen molar-refractivity contribution in [1.82, 2.24) is 0 Å². The molecule has 0 aromatic rings. The van der Waals surface area contributed by atoms with E-state index in [9.17, 15) is 0 Å². The van der Waals surface area contributed by atoms with Gasteiger partial charge in [-0.25, -0.2) is 0 Å². The fourth-order valence-electron chi connectivity index (χ4n) is 0. The Morgan fingerprint density at radius 1 is 0.375 bits per heavy atom. The summed E-state index contributed by atoms with van der Waals surface area (Å²) >= 11 is -12.3. The molecule has 113 valence electrons. The zero-order chi connectivity index (χ0) is 18.9. The number of rotatable bonds is 0. The van der Waals surface area contributed by atoms with E-state index in [-0.39, 0.29) is 84.3 Å². The van der Waals surface area contributed by atoms with Crippen LogP contribution in [0.1, 0.15) is 0 Å². The van der Waals surface area contributed by atoms with Crippen molar-refractivity contribution in [3.8, 4) is 0 Å². The molecule has 0 aliphatic rings. The van der Waals surface area contributed by atoms with Crippen molar-refractivity contribution in [2.24, 2.45) is 0 Å². The molecule has 0 fully saturated rings. The van der Waals surface area contributed by atoms with E-state index in [1.165, 1.54) is 0 Å². The minimum atomic E-state index is -1.75. The van der Waals surface area contributed by atoms with Gasteiger partial charge in [-0.1, -0.05) is 0 Å². The first-order chi connectivity index (χ1) is 9.90. The van der Waals surface area contributed by atoms with Crippen molar-refractivity contribution in [3.63, 3.8) is 0 Å². The van der Waals surface area contributed by atoms with Gasteiger partial charge in [-0.15, -0.1) is 0 Å². The Kier molecular flexibility index (Phi) is 405. The fourth-order valence-corrected chi connectivity index (χ4v) is 0. The standard InChI is InChI=1S/7Al.Ce.Mg.14O.Zn/q;;;;;;;+3;+2;;;;;;;;7*-1;+2. The Morgan fingerprint density at radius 3 is 0.375 bits per heavy atom. The molecule has 0 aliphatic carbocycles. The van der Waals surface area contributed by atoms with Crippen molar-refractivity contribution in [1.29, 1.82) is 0 Å². The quantitative estimate of drug-likeness (QED) is 0.222. The summed E-state index contributed by atoms with van der Waals surface area (Å²) in [6, 6.07) is 0. The van der Waals surface area contributed by atoms with Crippen LogP contribution < -0.4 is 29.1 Å². The van der Waals surface area contributed by atoms with Gasteiger partial charge in [0.25, 0.3) is 0 Å². The van der Waals surface area contributed by atoms with E-state index in [1.54, 1.807) is 0 Å². The van der Waals surface area contributed by atoms with E-state index in [1.807, 2.05) is 0 Å². The SMILES string of the molecule is [Ce+3].[Mg+2].[O]=[Al][O-].[O]=[Al][O-].[O]=[Al][O-].[O]=[Al][O-].[O]=[Al][O-].[O]=[Al][O-].[O]=[Al][O-].[Zn+2]. The monoisotopic (exact) mass is 641 g/mol. The van der Waals surface area contributed by atoms with Crippen LogP contribution in [0.25, 0.3) is 0 Å². The summed E-state index contributed by atoms with van der Waals surface area (Å²) in [7, 11) is 0. The second-order valence-corrected chi connectivity index (χ2v) is 2.02. The van der Waals surface area contributed by atoms with Gasteiger partial charge in [0.05, 0.1) is 0 Å². The molecular weight excluding hydrogens is 643 g/mol. The van der Waals surface area contributed by atoms with Crippen LogP contribution in [-0.2, 0) is 46.1 Å². The summed E-state index contributed by atoms with van der Waals surface area (Å²) in [4.78, 5) is 0. The van der Waals surface area contributed by atoms with Gasteiger partial charge in [0.2, 0.25) is 0 Å². The van der Waals surface area contributed by atoms with Gasteiger partial charge in [-0.3, -0.25) is 0 Å². The van der Waals surface area contributed by atoms with Crippen molar-refractivity contribution in [3.05, 3.63) is 0 Å². The van der Waals surface area contributed by atoms with Crippen LogP contribution in [-0.4, -0.2) is 131 Å². The maximum absolute atomic E-state index is 8.46. The first-order valence-corrected chi connectivity index (χ1v) is 9.90. The van der Waals surface area contributed by atoms with Gasteiger partial charge >= 0.3 is 248 Å². The molecule has 0 aromatic heterocycles. The second kappa shape index (κ2) is 154. The molecule has 0 rings (SSSR count). The average Bonchev–Trinajstić information content (AvgIpc) is 2.35. The van der Waals surface area contributed by atoms with Gasteiger partial charge in [0.1, 0.15) is 0 Å². The van der Waals surface area contributed by atoms with E-state index >= 15 is 0 Å². The van der Waals surface area contributed by atoms with Crippen LogP contribution in [0.15, 0.2) is 0 Å². The van der Waals surface area contributed by atoms with Crippen LogP contribution in [0.4, 0.5) is 0 Å². The Morgan fingerprint density at radius 2 is 0.375 bits per heavy atom. The Labute approximate surface area is 243 Å². The Bertz CT molecular complexity index is 149. The molecule has 24 heavy (non-hydrogen) atoms. The molecule has 0 saturated heterocycles. The van der Waals surface area contributed by atoms with E-state index < -0.39 is 108 Å². The maximum atomic E-state index is 8.46. The molecule has 0 saturated carbocycles. The van der Waals surface area contributed by atoms with Crippen molar-refractivity contribution in [2.75, 3.05) is 0 Å². The predicted octanol–water partition coefficient (Wildman–Crippen LogP) is -12.2. The predicted molar refractivity (Wildman–Crippen MR) is 50.8 cm³/mol. The number of hydrogen-bond donors (Lipinski definition) is 0. The van der Waals surface area contributed by atoms with Crippen LogP contribution in [0.5, 0.6) is 0 Å². The minimum absolute atomic E-state index is 0. The van der Waals surface area contributed by atoms with E-state index in [0.717, 1.165) is 0 Å². The summed E-state index contributed by atoms with van der Waals surface area (Å²) in [5, 5.41) is 0. The van der Waals surface area contributed by atoms with E-state index in [2.05, 4.69) is 0 Å². The fraction of sp³-hybridized carbons (Fsp3) is 0. The van der Waals surface area contributed by atoms with E-state index in [0.29, 0.717) is 0 Å². The molecule has 0 spiro atoms. The molecule has 14 nitrogen and oxygen atoms in total. The zero-order valence-corrected chi connectivity index (χ0v) is 27.3. The first-order valence-electron chi connectivity index (χ1n) is 3.30. The summed E-state index contributed by atoms with van der Waals surface area (Å²) < 4.78 is 118.